The van der Waals surface area contributed by atoms with Gasteiger partial charge >= 0.3 is 0 Å². The van der Waals surface area contributed by atoms with Gasteiger partial charge in [-0.3, -0.25) is 9.59 Å². The highest BCUT2D eigenvalue weighted by Crippen LogP contribution is 2.23. The number of aromatic amines is 1. The van der Waals surface area contributed by atoms with E-state index in [0.717, 1.165) is 40.9 Å². The lowest BCUT2D eigenvalue weighted by Gasteiger charge is -2.22. The first-order valence-corrected chi connectivity index (χ1v) is 9.78. The van der Waals surface area contributed by atoms with Crippen molar-refractivity contribution in [2.75, 3.05) is 23.3 Å². The molecule has 3 aromatic rings. The Morgan fingerprint density at radius 2 is 1.82 bits per heavy atom. The van der Waals surface area contributed by atoms with E-state index in [4.69, 9.17) is 0 Å². The van der Waals surface area contributed by atoms with Gasteiger partial charge in [-0.1, -0.05) is 18.2 Å². The Labute approximate surface area is 165 Å². The standard InChI is InChI=1S/C23H27N3O2/c1-4-26(5-2)19-11-12-20(16(3)14-19)24-22(27)13-10-18-15-17-8-6-7-9-21(17)25-23(18)28/h6-9,11-12,14-15H,4-5,10,13H2,1-3H3,(H,24,27)(H,25,28). The Bertz CT molecular complexity index is 1040. The molecule has 0 atom stereocenters. The van der Waals surface area contributed by atoms with Gasteiger partial charge in [0.15, 0.2) is 0 Å². The summed E-state index contributed by atoms with van der Waals surface area (Å²) in [6.45, 7) is 8.15. The summed E-state index contributed by atoms with van der Waals surface area (Å²) < 4.78 is 0. The van der Waals surface area contributed by atoms with Crippen LogP contribution in [0.25, 0.3) is 10.9 Å². The number of para-hydroxylation sites is 1. The molecular weight excluding hydrogens is 350 g/mol. The molecule has 0 saturated heterocycles. The van der Waals surface area contributed by atoms with Gasteiger partial charge in [0, 0.05) is 42.0 Å². The number of carbonyl (C=O) groups excluding carboxylic acids is 1. The fraction of sp³-hybridized carbons (Fsp3) is 0.304. The number of nitrogens with one attached hydrogen (secondary N) is 2. The molecule has 0 aliphatic rings. The van der Waals surface area contributed by atoms with Crippen LogP contribution in [0.4, 0.5) is 11.4 Å². The second-order valence-corrected chi connectivity index (χ2v) is 6.93. The number of hydrogen-bond donors (Lipinski definition) is 2. The average Bonchev–Trinajstić information content (AvgIpc) is 2.69. The number of rotatable bonds is 7. The van der Waals surface area contributed by atoms with E-state index >= 15 is 0 Å². The van der Waals surface area contributed by atoms with Crippen LogP contribution >= 0.6 is 0 Å². The highest BCUT2D eigenvalue weighted by Gasteiger charge is 2.10. The number of pyridine rings is 1. The Hall–Kier alpha value is -3.08. The molecule has 0 fully saturated rings. The van der Waals surface area contributed by atoms with Crippen LogP contribution in [0.15, 0.2) is 53.3 Å². The van der Waals surface area contributed by atoms with Crippen molar-refractivity contribution >= 4 is 28.2 Å². The topological polar surface area (TPSA) is 65.2 Å². The first-order valence-electron chi connectivity index (χ1n) is 9.78. The Kier molecular flexibility index (Phi) is 6.14. The quantitative estimate of drug-likeness (QED) is 0.647. The molecule has 2 aromatic carbocycles. The van der Waals surface area contributed by atoms with Gasteiger partial charge in [-0.15, -0.1) is 0 Å². The van der Waals surface area contributed by atoms with Crippen molar-refractivity contribution in [2.24, 2.45) is 0 Å². The number of H-pyrrole nitrogens is 1. The molecule has 2 N–H and O–H groups in total. The van der Waals surface area contributed by atoms with E-state index in [2.05, 4.69) is 35.1 Å². The van der Waals surface area contributed by atoms with E-state index in [1.54, 1.807) is 0 Å². The zero-order chi connectivity index (χ0) is 20.1. The molecule has 0 aliphatic heterocycles. The molecule has 1 heterocycles. The molecule has 0 saturated carbocycles. The molecule has 5 heteroatoms. The monoisotopic (exact) mass is 377 g/mol. The second-order valence-electron chi connectivity index (χ2n) is 6.93. The number of aromatic nitrogens is 1. The summed E-state index contributed by atoms with van der Waals surface area (Å²) >= 11 is 0. The van der Waals surface area contributed by atoms with Crippen LogP contribution in [0.2, 0.25) is 0 Å². The molecule has 28 heavy (non-hydrogen) atoms. The summed E-state index contributed by atoms with van der Waals surface area (Å²) in [5.74, 6) is -0.0914. The van der Waals surface area contributed by atoms with Crippen molar-refractivity contribution in [3.63, 3.8) is 0 Å². The van der Waals surface area contributed by atoms with Gasteiger partial charge in [0.05, 0.1) is 0 Å². The number of benzene rings is 2. The highest BCUT2D eigenvalue weighted by atomic mass is 16.1. The number of aryl methyl sites for hydroxylation is 2. The van der Waals surface area contributed by atoms with Gasteiger partial charge in [-0.25, -0.2) is 0 Å². The van der Waals surface area contributed by atoms with Crippen LogP contribution in [0, 0.1) is 6.92 Å². The number of carbonyl (C=O) groups is 1. The van der Waals surface area contributed by atoms with E-state index in [1.807, 2.05) is 49.4 Å². The Morgan fingerprint density at radius 3 is 2.54 bits per heavy atom. The molecule has 1 aromatic heterocycles. The number of nitrogens with zero attached hydrogens (tertiary/aromatic N) is 1. The van der Waals surface area contributed by atoms with E-state index in [-0.39, 0.29) is 17.9 Å². The minimum absolute atomic E-state index is 0.0914. The van der Waals surface area contributed by atoms with Crippen molar-refractivity contribution in [3.05, 3.63) is 70.0 Å². The predicted octanol–water partition coefficient (Wildman–Crippen LogP) is 4.25. The summed E-state index contributed by atoms with van der Waals surface area (Å²) in [6, 6.07) is 15.6. The van der Waals surface area contributed by atoms with Gasteiger partial charge in [0.25, 0.3) is 5.56 Å². The maximum atomic E-state index is 12.4. The summed E-state index contributed by atoms with van der Waals surface area (Å²) in [5, 5.41) is 3.94. The van der Waals surface area contributed by atoms with Crippen LogP contribution < -0.4 is 15.8 Å². The largest absolute Gasteiger partial charge is 0.372 e. The molecule has 0 radical (unpaired) electrons. The highest BCUT2D eigenvalue weighted by molar-refractivity contribution is 5.92. The molecule has 1 amide bonds. The summed E-state index contributed by atoms with van der Waals surface area (Å²) in [5.41, 5.74) is 4.30. The fourth-order valence-electron chi connectivity index (χ4n) is 3.41. The van der Waals surface area contributed by atoms with Gasteiger partial charge in [0.2, 0.25) is 5.91 Å². The van der Waals surface area contributed by atoms with Gasteiger partial charge < -0.3 is 15.2 Å². The predicted molar refractivity (Wildman–Crippen MR) is 116 cm³/mol. The number of fused-ring (bicyclic) bond motifs is 1. The van der Waals surface area contributed by atoms with Crippen molar-refractivity contribution in [1.82, 2.24) is 4.98 Å². The smallest absolute Gasteiger partial charge is 0.251 e. The molecule has 0 aliphatic carbocycles. The zero-order valence-corrected chi connectivity index (χ0v) is 16.7. The first-order chi connectivity index (χ1) is 13.5. The maximum absolute atomic E-state index is 12.4. The summed E-state index contributed by atoms with van der Waals surface area (Å²) in [7, 11) is 0. The minimum atomic E-state index is -0.133. The lowest BCUT2D eigenvalue weighted by atomic mass is 10.1. The Balaban J connectivity index is 1.66. The fourth-order valence-corrected chi connectivity index (χ4v) is 3.41. The van der Waals surface area contributed by atoms with Gasteiger partial charge in [-0.05, 0) is 68.5 Å². The van der Waals surface area contributed by atoms with Crippen molar-refractivity contribution in [2.45, 2.75) is 33.6 Å². The first kappa shape index (κ1) is 19.7. The van der Waals surface area contributed by atoms with E-state index in [9.17, 15) is 9.59 Å². The summed E-state index contributed by atoms with van der Waals surface area (Å²) in [4.78, 5) is 29.8. The van der Waals surface area contributed by atoms with Crippen LogP contribution in [0.3, 0.4) is 0 Å². The average molecular weight is 377 g/mol. The van der Waals surface area contributed by atoms with E-state index in [1.165, 1.54) is 0 Å². The third kappa shape index (κ3) is 4.42. The van der Waals surface area contributed by atoms with E-state index in [0.29, 0.717) is 12.0 Å². The number of anilines is 2. The summed E-state index contributed by atoms with van der Waals surface area (Å²) in [6.07, 6.45) is 0.668. The van der Waals surface area contributed by atoms with Crippen molar-refractivity contribution < 1.29 is 4.79 Å². The lowest BCUT2D eigenvalue weighted by Crippen LogP contribution is -2.22. The molecular formula is C23H27N3O2. The van der Waals surface area contributed by atoms with Crippen LogP contribution in [0.1, 0.15) is 31.4 Å². The second kappa shape index (κ2) is 8.74. The molecule has 5 nitrogen and oxygen atoms in total. The zero-order valence-electron chi connectivity index (χ0n) is 16.7. The maximum Gasteiger partial charge on any atom is 0.251 e. The number of amides is 1. The third-order valence-corrected chi connectivity index (χ3v) is 5.06. The number of hydrogen-bond acceptors (Lipinski definition) is 3. The Morgan fingerprint density at radius 1 is 1.07 bits per heavy atom. The van der Waals surface area contributed by atoms with Crippen molar-refractivity contribution in [3.8, 4) is 0 Å². The molecule has 0 spiro atoms. The van der Waals surface area contributed by atoms with Crippen LogP contribution in [0.5, 0.6) is 0 Å². The molecule has 3 rings (SSSR count). The molecule has 0 bridgehead atoms. The van der Waals surface area contributed by atoms with Crippen LogP contribution in [-0.2, 0) is 11.2 Å². The SMILES string of the molecule is CCN(CC)c1ccc(NC(=O)CCc2cc3ccccc3[nH]c2=O)c(C)c1. The van der Waals surface area contributed by atoms with Crippen LogP contribution in [-0.4, -0.2) is 24.0 Å². The van der Waals surface area contributed by atoms with Crippen molar-refractivity contribution in [1.29, 1.82) is 0 Å². The third-order valence-electron chi connectivity index (χ3n) is 5.06. The lowest BCUT2D eigenvalue weighted by molar-refractivity contribution is -0.116. The minimum Gasteiger partial charge on any atom is -0.372 e. The normalized spacial score (nSPS) is 10.8. The molecule has 0 unspecified atom stereocenters. The van der Waals surface area contributed by atoms with E-state index < -0.39 is 0 Å². The molecule has 146 valence electrons. The van der Waals surface area contributed by atoms with Gasteiger partial charge in [0.1, 0.15) is 0 Å². The van der Waals surface area contributed by atoms with Gasteiger partial charge in [-0.2, -0.15) is 0 Å².